The van der Waals surface area contributed by atoms with E-state index in [2.05, 4.69) is 0 Å². The van der Waals surface area contributed by atoms with E-state index in [4.69, 9.17) is 32.8 Å². The van der Waals surface area contributed by atoms with E-state index in [1.54, 1.807) is 0 Å². The number of sulfone groups is 1. The molecular weight excluding hydrogens is 383 g/mol. The van der Waals surface area contributed by atoms with E-state index >= 15 is 0 Å². The molecule has 1 saturated heterocycles. The summed E-state index contributed by atoms with van der Waals surface area (Å²) < 4.78 is 33.6. The predicted octanol–water partition coefficient (Wildman–Crippen LogP) is -2.76. The maximum Gasteiger partial charge on any atom is 0.494 e. The topological polar surface area (TPSA) is 134 Å². The van der Waals surface area contributed by atoms with E-state index in [0.717, 1.165) is 12.1 Å². The Balaban J connectivity index is 2.45. The lowest BCUT2D eigenvalue weighted by Crippen LogP contribution is -2.73. The van der Waals surface area contributed by atoms with Gasteiger partial charge >= 0.3 is 7.12 Å². The second-order valence-electron chi connectivity index (χ2n) is 7.85. The molecule has 0 aliphatic carbocycles. The summed E-state index contributed by atoms with van der Waals surface area (Å²) in [5, 5.41) is 38.4. The zero-order valence-electron chi connectivity index (χ0n) is 15.9. The fraction of sp³-hybridized carbons (Fsp3) is 0.600. The maximum absolute atomic E-state index is 12.8. The largest absolute Gasteiger partial charge is 0.494 e. The third-order valence-corrected chi connectivity index (χ3v) is 7.57. The Kier molecular flexibility index (Phi) is 5.53. The van der Waals surface area contributed by atoms with Gasteiger partial charge in [-0.2, -0.15) is 0 Å². The molecule has 6 radical (unpaired) electrons. The molecule has 13 heteroatoms. The Hall–Kier alpha value is -0.810. The Labute approximate surface area is 168 Å². The molecule has 0 spiro atoms. The number of hydrogen-bond donors (Lipinski definition) is 4. The summed E-state index contributed by atoms with van der Waals surface area (Å²) in [7, 11) is 9.53. The van der Waals surface area contributed by atoms with Gasteiger partial charge in [-0.1, -0.05) is 12.1 Å². The Bertz CT molecular complexity index is 810. The van der Waals surface area contributed by atoms with E-state index in [1.807, 2.05) is 27.7 Å². The highest BCUT2D eigenvalue weighted by Gasteiger charge is 2.61. The van der Waals surface area contributed by atoms with Crippen LogP contribution in [0.2, 0.25) is 0 Å². The van der Waals surface area contributed by atoms with Crippen LogP contribution in [0.25, 0.3) is 0 Å². The molecule has 8 nitrogen and oxygen atoms in total. The molecular formula is C15H20B4O8S. The molecule has 146 valence electrons. The van der Waals surface area contributed by atoms with Gasteiger partial charge in [0, 0.05) is 0 Å². The molecule has 4 N–H and O–H groups in total. The second kappa shape index (κ2) is 6.60. The number of rotatable bonds is 5. The van der Waals surface area contributed by atoms with Gasteiger partial charge in [0.2, 0.25) is 0 Å². The monoisotopic (exact) mass is 404 g/mol. The van der Waals surface area contributed by atoms with Gasteiger partial charge in [0.05, 0.1) is 16.1 Å². The summed E-state index contributed by atoms with van der Waals surface area (Å²) >= 11 is 0. The highest BCUT2D eigenvalue weighted by Crippen LogP contribution is 2.38. The van der Waals surface area contributed by atoms with E-state index in [1.165, 1.54) is 12.1 Å². The SMILES string of the molecule is [B]C(O)(O)C([B])(C([B])(O)O)S(=O)(=O)c1ccc(B2OC(C)(C)C(C)(C)O2)cc1. The summed E-state index contributed by atoms with van der Waals surface area (Å²) in [6.07, 6.45) is 0. The van der Waals surface area contributed by atoms with Crippen LogP contribution in [0.5, 0.6) is 0 Å². The Morgan fingerprint density at radius 2 is 1.21 bits per heavy atom. The van der Waals surface area contributed by atoms with Gasteiger partial charge in [0.1, 0.15) is 23.9 Å². The van der Waals surface area contributed by atoms with Crippen LogP contribution in [0.3, 0.4) is 0 Å². The van der Waals surface area contributed by atoms with Gasteiger partial charge in [0.15, 0.2) is 25.5 Å². The zero-order chi connectivity index (χ0) is 22.0. The van der Waals surface area contributed by atoms with Gasteiger partial charge in [0.25, 0.3) is 0 Å². The highest BCUT2D eigenvalue weighted by molar-refractivity contribution is 7.94. The van der Waals surface area contributed by atoms with Crippen molar-refractivity contribution in [1.82, 2.24) is 0 Å². The summed E-state index contributed by atoms with van der Waals surface area (Å²) in [6, 6.07) is 4.79. The van der Waals surface area contributed by atoms with Crippen molar-refractivity contribution in [3.63, 3.8) is 0 Å². The van der Waals surface area contributed by atoms with E-state index < -0.39 is 49.1 Å². The molecule has 1 heterocycles. The summed E-state index contributed by atoms with van der Waals surface area (Å²) in [4.78, 5) is -0.592. The highest BCUT2D eigenvalue weighted by atomic mass is 32.2. The summed E-state index contributed by atoms with van der Waals surface area (Å²) in [6.45, 7) is 7.39. The van der Waals surface area contributed by atoms with Crippen LogP contribution >= 0.6 is 0 Å². The quantitative estimate of drug-likeness (QED) is 0.307. The molecule has 0 amide bonds. The van der Waals surface area contributed by atoms with Crippen molar-refractivity contribution >= 4 is 46.0 Å². The van der Waals surface area contributed by atoms with Crippen molar-refractivity contribution in [3.8, 4) is 0 Å². The van der Waals surface area contributed by atoms with Gasteiger partial charge in [-0.3, -0.25) is 0 Å². The third kappa shape index (κ3) is 3.47. The minimum absolute atomic E-state index is 0.472. The van der Waals surface area contributed by atoms with Crippen molar-refractivity contribution in [3.05, 3.63) is 24.3 Å². The average molecular weight is 404 g/mol. The fourth-order valence-electron chi connectivity index (χ4n) is 2.64. The van der Waals surface area contributed by atoms with Crippen LogP contribution in [0.1, 0.15) is 27.7 Å². The normalized spacial score (nSPS) is 20.4. The molecule has 2 rings (SSSR count). The van der Waals surface area contributed by atoms with Crippen molar-refractivity contribution in [2.45, 2.75) is 59.8 Å². The Morgan fingerprint density at radius 3 is 1.54 bits per heavy atom. The number of benzene rings is 1. The molecule has 0 saturated carbocycles. The van der Waals surface area contributed by atoms with E-state index in [0.29, 0.717) is 5.46 Å². The van der Waals surface area contributed by atoms with Gasteiger partial charge in [-0.15, -0.1) is 0 Å². The molecule has 1 aliphatic heterocycles. The summed E-state index contributed by atoms with van der Waals surface area (Å²) in [5.74, 6) is 0. The van der Waals surface area contributed by atoms with Crippen LogP contribution < -0.4 is 5.46 Å². The van der Waals surface area contributed by atoms with Crippen LogP contribution in [0.4, 0.5) is 0 Å². The first-order chi connectivity index (χ1) is 12.3. The standard InChI is InChI=1S/C15H20B4O8S/c1-11(2)12(3,4)27-19(26-11)9-5-7-10(8-6-9)28(24,25)13(16,14(17,20)21)15(18,22)23/h5-8,20-23H,1-4H3. The van der Waals surface area contributed by atoms with E-state index in [-0.39, 0.29) is 0 Å². The first kappa shape index (κ1) is 23.5. The first-order valence-electron chi connectivity index (χ1n) is 8.24. The van der Waals surface area contributed by atoms with Crippen molar-refractivity contribution < 1.29 is 38.2 Å². The molecule has 1 aromatic carbocycles. The molecule has 0 unspecified atom stereocenters. The maximum atomic E-state index is 12.8. The molecule has 0 bridgehead atoms. The lowest BCUT2D eigenvalue weighted by molar-refractivity contribution is -0.186. The molecule has 1 aliphatic rings. The molecule has 0 atom stereocenters. The molecule has 1 fully saturated rings. The van der Waals surface area contributed by atoms with Crippen molar-refractivity contribution in [2.75, 3.05) is 0 Å². The smallest absolute Gasteiger partial charge is 0.399 e. The molecule has 1 aromatic rings. The van der Waals surface area contributed by atoms with E-state index in [9.17, 15) is 28.8 Å². The van der Waals surface area contributed by atoms with Crippen LogP contribution in [0.15, 0.2) is 29.2 Å². The molecule has 0 aromatic heterocycles. The minimum Gasteiger partial charge on any atom is -0.399 e. The Morgan fingerprint density at radius 1 is 0.857 bits per heavy atom. The first-order valence-corrected chi connectivity index (χ1v) is 9.72. The van der Waals surface area contributed by atoms with Crippen LogP contribution in [-0.2, 0) is 19.1 Å². The van der Waals surface area contributed by atoms with Crippen molar-refractivity contribution in [1.29, 1.82) is 0 Å². The van der Waals surface area contributed by atoms with Gasteiger partial charge in [-0.05, 0) is 45.3 Å². The minimum atomic E-state index is -5.06. The number of aliphatic hydroxyl groups is 4. The number of hydrogen-bond acceptors (Lipinski definition) is 8. The van der Waals surface area contributed by atoms with Gasteiger partial charge in [-0.25, -0.2) is 8.42 Å². The third-order valence-electron chi connectivity index (χ3n) is 5.23. The lowest BCUT2D eigenvalue weighted by atomic mass is 9.59. The summed E-state index contributed by atoms with van der Waals surface area (Å²) in [5.41, 5.74) is -8.33. The average Bonchev–Trinajstić information content (AvgIpc) is 2.72. The lowest BCUT2D eigenvalue weighted by Gasteiger charge is -2.46. The zero-order valence-corrected chi connectivity index (χ0v) is 16.8. The van der Waals surface area contributed by atoms with Crippen LogP contribution in [-0.4, -0.2) is 86.7 Å². The second-order valence-corrected chi connectivity index (χ2v) is 9.97. The molecule has 28 heavy (non-hydrogen) atoms. The fourth-order valence-corrected chi connectivity index (χ4v) is 4.29. The van der Waals surface area contributed by atoms with Crippen molar-refractivity contribution in [2.24, 2.45) is 0 Å². The predicted molar refractivity (Wildman–Crippen MR) is 104 cm³/mol. The van der Waals surface area contributed by atoms with Crippen LogP contribution in [0, 0.1) is 0 Å². The van der Waals surface area contributed by atoms with Gasteiger partial charge < -0.3 is 29.7 Å².